The van der Waals surface area contributed by atoms with Gasteiger partial charge in [-0.25, -0.2) is 4.98 Å². The molecule has 2 aromatic heterocycles. The summed E-state index contributed by atoms with van der Waals surface area (Å²) in [6.45, 7) is 0.932. The second-order valence-corrected chi connectivity index (χ2v) is 8.43. The summed E-state index contributed by atoms with van der Waals surface area (Å²) < 4.78 is 17.7. The van der Waals surface area contributed by atoms with E-state index < -0.39 is 0 Å². The molecule has 33 heavy (non-hydrogen) atoms. The fourth-order valence-corrected chi connectivity index (χ4v) is 4.24. The van der Waals surface area contributed by atoms with Crippen LogP contribution in [-0.2, 0) is 11.4 Å². The van der Waals surface area contributed by atoms with Gasteiger partial charge in [-0.2, -0.15) is 0 Å². The van der Waals surface area contributed by atoms with Crippen molar-refractivity contribution in [2.24, 2.45) is 5.16 Å². The molecule has 0 amide bonds. The van der Waals surface area contributed by atoms with E-state index >= 15 is 0 Å². The topological polar surface area (TPSA) is 69.3 Å². The predicted molar refractivity (Wildman–Crippen MR) is 128 cm³/mol. The third-order valence-electron chi connectivity index (χ3n) is 5.55. The molecular formula is C25H22BrN3O4. The van der Waals surface area contributed by atoms with Crippen LogP contribution in [0.2, 0.25) is 0 Å². The van der Waals surface area contributed by atoms with E-state index in [1.54, 1.807) is 14.2 Å². The average Bonchev–Trinajstić information content (AvgIpc) is 3.29. The Morgan fingerprint density at radius 2 is 1.85 bits per heavy atom. The Balaban J connectivity index is 1.56. The summed E-state index contributed by atoms with van der Waals surface area (Å²) in [5.74, 6) is 2.70. The fourth-order valence-electron chi connectivity index (χ4n) is 3.86. The molecule has 5 rings (SSSR count). The molecule has 1 atom stereocenters. The van der Waals surface area contributed by atoms with Gasteiger partial charge in [0.15, 0.2) is 5.84 Å². The first-order chi connectivity index (χ1) is 16.2. The maximum atomic E-state index is 6.21. The molecule has 8 heteroatoms. The molecule has 0 spiro atoms. The molecule has 0 radical (unpaired) electrons. The molecule has 3 heterocycles. The summed E-state index contributed by atoms with van der Waals surface area (Å²) in [5, 5.41) is 5.43. The molecule has 168 valence electrons. The van der Waals surface area contributed by atoms with Gasteiger partial charge < -0.3 is 23.6 Å². The van der Waals surface area contributed by atoms with Gasteiger partial charge in [0.05, 0.1) is 18.7 Å². The van der Waals surface area contributed by atoms with E-state index in [1.165, 1.54) is 0 Å². The van der Waals surface area contributed by atoms with Crippen LogP contribution in [-0.4, -0.2) is 36.5 Å². The van der Waals surface area contributed by atoms with Gasteiger partial charge in [-0.1, -0.05) is 35.5 Å². The van der Waals surface area contributed by atoms with Crippen LogP contribution in [0, 0.1) is 0 Å². The van der Waals surface area contributed by atoms with Crippen molar-refractivity contribution < 1.29 is 18.7 Å². The molecule has 0 fully saturated rings. The van der Waals surface area contributed by atoms with Gasteiger partial charge >= 0.3 is 0 Å². The molecule has 1 aliphatic rings. The van der Waals surface area contributed by atoms with Gasteiger partial charge in [-0.3, -0.25) is 0 Å². The number of para-hydroxylation sites is 1. The molecule has 1 unspecified atom stereocenters. The number of methoxy groups -OCH3 is 2. The van der Waals surface area contributed by atoms with Crippen LogP contribution in [0.25, 0.3) is 11.0 Å². The van der Waals surface area contributed by atoms with Crippen molar-refractivity contribution in [1.82, 2.24) is 9.88 Å². The minimum Gasteiger partial charge on any atom is -0.497 e. The lowest BCUT2D eigenvalue weighted by molar-refractivity contribution is 0.0500. The Morgan fingerprint density at radius 1 is 1.03 bits per heavy atom. The number of fused-ring (bicyclic) bond motifs is 1. The molecular weight excluding hydrogens is 486 g/mol. The number of furan rings is 1. The predicted octanol–water partition coefficient (Wildman–Crippen LogP) is 5.54. The average molecular weight is 508 g/mol. The highest BCUT2D eigenvalue weighted by atomic mass is 79.9. The number of ether oxygens (including phenoxy) is 2. The van der Waals surface area contributed by atoms with E-state index in [2.05, 4.69) is 37.0 Å². The van der Waals surface area contributed by atoms with Crippen molar-refractivity contribution >= 4 is 32.7 Å². The number of halogens is 1. The van der Waals surface area contributed by atoms with Crippen molar-refractivity contribution in [3.8, 4) is 11.6 Å². The second kappa shape index (κ2) is 9.15. The van der Waals surface area contributed by atoms with Gasteiger partial charge in [-0.15, -0.1) is 0 Å². The molecule has 7 nitrogen and oxygen atoms in total. The lowest BCUT2D eigenvalue weighted by atomic mass is 10.1. The molecule has 4 aromatic rings. The molecule has 0 aliphatic carbocycles. The van der Waals surface area contributed by atoms with E-state index in [9.17, 15) is 0 Å². The summed E-state index contributed by atoms with van der Waals surface area (Å²) in [6, 6.07) is 21.6. The number of oxime groups is 1. The van der Waals surface area contributed by atoms with Crippen molar-refractivity contribution in [2.45, 2.75) is 12.6 Å². The van der Waals surface area contributed by atoms with Gasteiger partial charge in [-0.05, 0) is 57.9 Å². The highest BCUT2D eigenvalue weighted by molar-refractivity contribution is 9.10. The van der Waals surface area contributed by atoms with E-state index in [0.717, 1.165) is 32.5 Å². The van der Waals surface area contributed by atoms with Crippen LogP contribution in [0.1, 0.15) is 23.1 Å². The minimum atomic E-state index is -0.191. The Labute approximate surface area is 199 Å². The van der Waals surface area contributed by atoms with Gasteiger partial charge in [0, 0.05) is 11.9 Å². The first-order valence-electron chi connectivity index (χ1n) is 10.4. The van der Waals surface area contributed by atoms with Crippen LogP contribution in [0.3, 0.4) is 0 Å². The largest absolute Gasteiger partial charge is 0.497 e. The molecule has 2 aromatic carbocycles. The second-order valence-electron chi connectivity index (χ2n) is 7.58. The lowest BCUT2D eigenvalue weighted by Crippen LogP contribution is -2.40. The molecule has 0 bridgehead atoms. The van der Waals surface area contributed by atoms with Crippen LogP contribution in [0.5, 0.6) is 11.6 Å². The van der Waals surface area contributed by atoms with Crippen LogP contribution in [0.15, 0.2) is 80.8 Å². The number of benzene rings is 2. The number of pyridine rings is 1. The zero-order valence-electron chi connectivity index (χ0n) is 18.2. The smallest absolute Gasteiger partial charge is 0.228 e. The number of nitrogens with zero attached hydrogens (tertiary/aromatic N) is 3. The van der Waals surface area contributed by atoms with E-state index in [1.807, 2.05) is 60.7 Å². The standard InChI is InChI=1S/C25H22BrN3O4/c1-30-18-9-7-16(8-10-18)14-29-21(23-13-17-5-3-4-6-22(17)33-23)15-32-28-24(29)20-12-11-19(26)25(27-20)31-2/h3-13,21H,14-15H2,1-2H3. The fraction of sp³-hybridized carbons (Fsp3) is 0.200. The van der Waals surface area contributed by atoms with Crippen LogP contribution < -0.4 is 9.47 Å². The third kappa shape index (κ3) is 4.26. The van der Waals surface area contributed by atoms with Crippen LogP contribution >= 0.6 is 15.9 Å². The van der Waals surface area contributed by atoms with Crippen molar-refractivity contribution in [1.29, 1.82) is 0 Å². The molecule has 1 aliphatic heterocycles. The molecule has 0 saturated carbocycles. The van der Waals surface area contributed by atoms with E-state index in [-0.39, 0.29) is 6.04 Å². The van der Waals surface area contributed by atoms with Crippen LogP contribution in [0.4, 0.5) is 0 Å². The van der Waals surface area contributed by atoms with Gasteiger partial charge in [0.1, 0.15) is 35.4 Å². The SMILES string of the molecule is COc1ccc(CN2C(c3ccc(Br)c(OC)n3)=NOCC2c2cc3ccccc3o2)cc1. The van der Waals surface area contributed by atoms with E-state index in [4.69, 9.17) is 18.7 Å². The normalized spacial score (nSPS) is 15.8. The number of rotatable bonds is 6. The molecule has 0 N–H and O–H groups in total. The quantitative estimate of drug-likeness (QED) is 0.341. The number of aromatic nitrogens is 1. The zero-order valence-corrected chi connectivity index (χ0v) is 19.8. The summed E-state index contributed by atoms with van der Waals surface area (Å²) in [4.78, 5) is 12.5. The highest BCUT2D eigenvalue weighted by Crippen LogP contribution is 2.33. The van der Waals surface area contributed by atoms with Crippen molar-refractivity contribution in [3.63, 3.8) is 0 Å². The highest BCUT2D eigenvalue weighted by Gasteiger charge is 2.33. The Hall–Kier alpha value is -3.52. The zero-order chi connectivity index (χ0) is 22.8. The summed E-state index contributed by atoms with van der Waals surface area (Å²) >= 11 is 3.47. The third-order valence-corrected chi connectivity index (χ3v) is 6.16. The summed E-state index contributed by atoms with van der Waals surface area (Å²) in [5.41, 5.74) is 2.57. The Bertz CT molecular complexity index is 1270. The maximum absolute atomic E-state index is 6.21. The number of amidine groups is 1. The first-order valence-corrected chi connectivity index (χ1v) is 11.2. The maximum Gasteiger partial charge on any atom is 0.228 e. The number of hydrogen-bond donors (Lipinski definition) is 0. The van der Waals surface area contributed by atoms with E-state index in [0.29, 0.717) is 30.6 Å². The summed E-state index contributed by atoms with van der Waals surface area (Å²) in [6.07, 6.45) is 0. The summed E-state index contributed by atoms with van der Waals surface area (Å²) in [7, 11) is 3.24. The Morgan fingerprint density at radius 3 is 2.61 bits per heavy atom. The van der Waals surface area contributed by atoms with Gasteiger partial charge in [0.2, 0.25) is 5.88 Å². The lowest BCUT2D eigenvalue weighted by Gasteiger charge is -2.35. The minimum absolute atomic E-state index is 0.191. The monoisotopic (exact) mass is 507 g/mol. The Kier molecular flexibility index (Phi) is 5.92. The van der Waals surface area contributed by atoms with Crippen molar-refractivity contribution in [2.75, 3.05) is 20.8 Å². The first kappa shape index (κ1) is 21.3. The van der Waals surface area contributed by atoms with Crippen molar-refractivity contribution in [3.05, 3.63) is 88.2 Å². The van der Waals surface area contributed by atoms with Gasteiger partial charge in [0.25, 0.3) is 0 Å². The molecule has 0 saturated heterocycles. The number of hydrogen-bond acceptors (Lipinski definition) is 7.